The minimum Gasteiger partial charge on any atom is -0.275 e. The minimum atomic E-state index is -0.0358. The van der Waals surface area contributed by atoms with Gasteiger partial charge in [-0.15, -0.1) is 0 Å². The summed E-state index contributed by atoms with van der Waals surface area (Å²) in [5.74, 6) is 2.47. The molecule has 0 bridgehead atoms. The van der Waals surface area contributed by atoms with Crippen molar-refractivity contribution in [3.8, 4) is 0 Å². The fourth-order valence-corrected chi connectivity index (χ4v) is 2.04. The Morgan fingerprint density at radius 3 is 2.62 bits per heavy atom. The van der Waals surface area contributed by atoms with E-state index in [4.69, 9.17) is 0 Å². The molecule has 5 nitrogen and oxygen atoms in total. The number of hydrogen-bond donors (Lipinski definition) is 1. The van der Waals surface area contributed by atoms with Crippen molar-refractivity contribution < 1.29 is 0 Å². The molecular weight excluding hydrogens is 204 g/mol. The quantitative estimate of drug-likeness (QED) is 0.819. The molecule has 4 rings (SSSR count). The third-order valence-electron chi connectivity index (χ3n) is 3.33. The van der Waals surface area contributed by atoms with Crippen molar-refractivity contribution in [3.63, 3.8) is 0 Å². The van der Waals surface area contributed by atoms with E-state index < -0.39 is 0 Å². The maximum atomic E-state index is 11.8. The molecule has 0 spiro atoms. The largest absolute Gasteiger partial charge is 0.275 e. The van der Waals surface area contributed by atoms with Crippen LogP contribution in [0.5, 0.6) is 0 Å². The Hall–Kier alpha value is -1.65. The molecule has 0 aliphatic heterocycles. The number of aromatic nitrogens is 4. The molecule has 2 aliphatic carbocycles. The second kappa shape index (κ2) is 2.72. The number of nitrogens with one attached hydrogen (secondary N) is 1. The molecule has 0 atom stereocenters. The second-order valence-electron chi connectivity index (χ2n) is 4.81. The fourth-order valence-electron chi connectivity index (χ4n) is 2.04. The summed E-state index contributed by atoms with van der Waals surface area (Å²) in [6, 6.07) is 1.64. The molecule has 5 heteroatoms. The summed E-state index contributed by atoms with van der Waals surface area (Å²) < 4.78 is 1.46. The number of rotatable bonds is 2. The van der Waals surface area contributed by atoms with Crippen LogP contribution >= 0.6 is 0 Å². The van der Waals surface area contributed by atoms with Crippen LogP contribution in [-0.2, 0) is 0 Å². The lowest BCUT2D eigenvalue weighted by molar-refractivity contribution is 0.837. The van der Waals surface area contributed by atoms with Gasteiger partial charge in [0.1, 0.15) is 5.82 Å². The molecule has 2 fully saturated rings. The van der Waals surface area contributed by atoms with Crippen molar-refractivity contribution >= 4 is 5.78 Å². The first-order valence-corrected chi connectivity index (χ1v) is 5.81. The topological polar surface area (TPSA) is 63.0 Å². The van der Waals surface area contributed by atoms with Crippen molar-refractivity contribution in [1.82, 2.24) is 19.6 Å². The van der Waals surface area contributed by atoms with Crippen molar-refractivity contribution in [2.75, 3.05) is 0 Å². The molecule has 2 heterocycles. The highest BCUT2D eigenvalue weighted by Gasteiger charge is 2.29. The van der Waals surface area contributed by atoms with Crippen molar-refractivity contribution in [3.05, 3.63) is 27.9 Å². The molecule has 16 heavy (non-hydrogen) atoms. The fraction of sp³-hybridized carbons (Fsp3) is 0.545. The highest BCUT2D eigenvalue weighted by Crippen LogP contribution is 2.39. The van der Waals surface area contributed by atoms with Gasteiger partial charge in [-0.25, -0.2) is 4.98 Å². The molecule has 2 saturated carbocycles. The average Bonchev–Trinajstić information content (AvgIpc) is 3.14. The van der Waals surface area contributed by atoms with Crippen LogP contribution in [0.4, 0.5) is 0 Å². The van der Waals surface area contributed by atoms with E-state index >= 15 is 0 Å². The zero-order valence-electron chi connectivity index (χ0n) is 8.81. The Kier molecular flexibility index (Phi) is 1.45. The van der Waals surface area contributed by atoms with E-state index in [2.05, 4.69) is 15.1 Å². The summed E-state index contributed by atoms with van der Waals surface area (Å²) in [5, 5.41) is 3.04. The van der Waals surface area contributed by atoms with Crippen molar-refractivity contribution in [2.24, 2.45) is 0 Å². The number of H-pyrrole nitrogens is 1. The lowest BCUT2D eigenvalue weighted by Gasteiger charge is -1.95. The number of aromatic amines is 1. The molecular formula is C11H12N4O. The van der Waals surface area contributed by atoms with E-state index in [9.17, 15) is 4.79 Å². The molecule has 2 aliphatic rings. The summed E-state index contributed by atoms with van der Waals surface area (Å²) in [7, 11) is 0. The number of hydrogen-bond acceptors (Lipinski definition) is 3. The molecule has 0 unspecified atom stereocenters. The van der Waals surface area contributed by atoms with Crippen LogP contribution < -0.4 is 5.56 Å². The predicted molar refractivity (Wildman–Crippen MR) is 57.6 cm³/mol. The first-order chi connectivity index (χ1) is 7.81. The Balaban J connectivity index is 1.93. The summed E-state index contributed by atoms with van der Waals surface area (Å²) in [6.45, 7) is 0. The molecule has 2 aromatic heterocycles. The van der Waals surface area contributed by atoms with Gasteiger partial charge in [0.15, 0.2) is 0 Å². The summed E-state index contributed by atoms with van der Waals surface area (Å²) in [5.41, 5.74) is 0.880. The Bertz CT molecular complexity index is 618. The smallest absolute Gasteiger partial charge is 0.274 e. The number of fused-ring (bicyclic) bond motifs is 1. The lowest BCUT2D eigenvalue weighted by atomic mass is 10.3. The van der Waals surface area contributed by atoms with Gasteiger partial charge in [-0.3, -0.25) is 9.89 Å². The van der Waals surface area contributed by atoms with Gasteiger partial charge in [-0.05, 0) is 25.7 Å². The van der Waals surface area contributed by atoms with Gasteiger partial charge in [0.2, 0.25) is 0 Å². The molecule has 82 valence electrons. The zero-order chi connectivity index (χ0) is 10.7. The first-order valence-electron chi connectivity index (χ1n) is 5.81. The van der Waals surface area contributed by atoms with Crippen LogP contribution in [0.15, 0.2) is 10.9 Å². The highest BCUT2D eigenvalue weighted by molar-refractivity contribution is 5.31. The normalized spacial score (nSPS) is 20.5. The van der Waals surface area contributed by atoms with Crippen LogP contribution in [-0.4, -0.2) is 19.6 Å². The van der Waals surface area contributed by atoms with Gasteiger partial charge < -0.3 is 0 Å². The molecule has 0 saturated heterocycles. The van der Waals surface area contributed by atoms with Gasteiger partial charge in [-0.1, -0.05) is 0 Å². The molecule has 0 radical (unpaired) electrons. The number of nitrogens with zero attached hydrogens (tertiary/aromatic N) is 3. The van der Waals surface area contributed by atoms with E-state index in [1.54, 1.807) is 6.07 Å². The predicted octanol–water partition coefficient (Wildman–Crippen LogP) is 1.17. The van der Waals surface area contributed by atoms with Gasteiger partial charge >= 0.3 is 0 Å². The maximum Gasteiger partial charge on any atom is 0.274 e. The standard InChI is InChI=1S/C11H12N4O/c16-9-5-8(6-1-2-6)12-11-13-10(7-3-4-7)14-15(9)11/h5-7H,1-4H2,(H,12,13,14). The van der Waals surface area contributed by atoms with Crippen LogP contribution in [0, 0.1) is 0 Å². The zero-order valence-corrected chi connectivity index (χ0v) is 8.81. The second-order valence-corrected chi connectivity index (χ2v) is 4.81. The van der Waals surface area contributed by atoms with Gasteiger partial charge in [0, 0.05) is 17.9 Å². The lowest BCUT2D eigenvalue weighted by Crippen LogP contribution is -2.15. The van der Waals surface area contributed by atoms with Crippen LogP contribution in [0.1, 0.15) is 49.0 Å². The molecule has 1 N–H and O–H groups in total. The van der Waals surface area contributed by atoms with E-state index in [-0.39, 0.29) is 5.56 Å². The SMILES string of the molecule is O=c1cc(C2CC2)nc2nc(C3CC3)[nH]n12. The van der Waals surface area contributed by atoms with E-state index in [1.807, 2.05) is 0 Å². The van der Waals surface area contributed by atoms with Crippen LogP contribution in [0.3, 0.4) is 0 Å². The van der Waals surface area contributed by atoms with Gasteiger partial charge in [-0.2, -0.15) is 9.50 Å². The Morgan fingerprint density at radius 2 is 1.94 bits per heavy atom. The molecule has 0 aromatic carbocycles. The third-order valence-corrected chi connectivity index (χ3v) is 3.33. The first kappa shape index (κ1) is 8.50. The van der Waals surface area contributed by atoms with E-state index in [0.29, 0.717) is 17.6 Å². The highest BCUT2D eigenvalue weighted by atomic mass is 16.1. The molecule has 2 aromatic rings. The van der Waals surface area contributed by atoms with Crippen molar-refractivity contribution in [2.45, 2.75) is 37.5 Å². The van der Waals surface area contributed by atoms with Crippen LogP contribution in [0.25, 0.3) is 5.78 Å². The maximum absolute atomic E-state index is 11.8. The average molecular weight is 216 g/mol. The minimum absolute atomic E-state index is 0.0358. The van der Waals surface area contributed by atoms with Crippen LogP contribution in [0.2, 0.25) is 0 Å². The summed E-state index contributed by atoms with van der Waals surface area (Å²) >= 11 is 0. The Labute approximate surface area is 91.5 Å². The molecule has 0 amide bonds. The van der Waals surface area contributed by atoms with E-state index in [0.717, 1.165) is 24.4 Å². The van der Waals surface area contributed by atoms with Crippen molar-refractivity contribution in [1.29, 1.82) is 0 Å². The van der Waals surface area contributed by atoms with Gasteiger partial charge in [0.25, 0.3) is 11.3 Å². The third kappa shape index (κ3) is 1.20. The van der Waals surface area contributed by atoms with E-state index in [1.165, 1.54) is 17.4 Å². The Morgan fingerprint density at radius 1 is 1.19 bits per heavy atom. The summed E-state index contributed by atoms with van der Waals surface area (Å²) in [4.78, 5) is 20.7. The summed E-state index contributed by atoms with van der Waals surface area (Å²) in [6.07, 6.45) is 4.65. The van der Waals surface area contributed by atoms with Gasteiger partial charge in [0.05, 0.1) is 5.69 Å². The monoisotopic (exact) mass is 216 g/mol.